The van der Waals surface area contributed by atoms with Crippen LogP contribution in [0.3, 0.4) is 0 Å². The second-order valence-corrected chi connectivity index (χ2v) is 7.62. The SMILES string of the molecule is O=C(CCN1CCNCC1c1cccc(F)c1)N1CCN(c2ccccn2)CC1. The molecular weight excluding hydrogens is 369 g/mol. The van der Waals surface area contributed by atoms with Gasteiger partial charge in [0.25, 0.3) is 0 Å². The summed E-state index contributed by atoms with van der Waals surface area (Å²) in [6.07, 6.45) is 2.30. The molecule has 7 heteroatoms. The molecule has 1 unspecified atom stereocenters. The number of halogens is 1. The smallest absolute Gasteiger partial charge is 0.223 e. The number of pyridine rings is 1. The highest BCUT2D eigenvalue weighted by Gasteiger charge is 2.26. The Morgan fingerprint density at radius 3 is 2.72 bits per heavy atom. The van der Waals surface area contributed by atoms with E-state index in [4.69, 9.17) is 0 Å². The maximum absolute atomic E-state index is 13.7. The Labute approximate surface area is 171 Å². The lowest BCUT2D eigenvalue weighted by Gasteiger charge is -2.38. The number of hydrogen-bond donors (Lipinski definition) is 1. The maximum Gasteiger partial charge on any atom is 0.223 e. The summed E-state index contributed by atoms with van der Waals surface area (Å²) >= 11 is 0. The molecule has 0 bridgehead atoms. The first-order chi connectivity index (χ1) is 14.2. The highest BCUT2D eigenvalue weighted by molar-refractivity contribution is 5.76. The van der Waals surface area contributed by atoms with Gasteiger partial charge in [-0.15, -0.1) is 0 Å². The number of carbonyl (C=O) groups is 1. The van der Waals surface area contributed by atoms with E-state index in [9.17, 15) is 9.18 Å². The molecule has 29 heavy (non-hydrogen) atoms. The van der Waals surface area contributed by atoms with E-state index in [-0.39, 0.29) is 17.8 Å². The van der Waals surface area contributed by atoms with E-state index >= 15 is 0 Å². The summed E-state index contributed by atoms with van der Waals surface area (Å²) in [4.78, 5) is 23.6. The van der Waals surface area contributed by atoms with Crippen molar-refractivity contribution in [2.24, 2.45) is 0 Å². The Bertz CT molecular complexity index is 810. The minimum atomic E-state index is -0.213. The molecule has 1 atom stereocenters. The van der Waals surface area contributed by atoms with Gasteiger partial charge >= 0.3 is 0 Å². The standard InChI is InChI=1S/C22H28FN5O/c23-19-5-3-4-18(16-19)20-17-24-9-11-26(20)10-7-22(29)28-14-12-27(13-15-28)21-6-1-2-8-25-21/h1-6,8,16,20,24H,7,9-15,17H2. The minimum Gasteiger partial charge on any atom is -0.353 e. The van der Waals surface area contributed by atoms with Gasteiger partial charge in [-0.2, -0.15) is 0 Å². The fraction of sp³-hybridized carbons (Fsp3) is 0.455. The fourth-order valence-corrected chi connectivity index (χ4v) is 4.18. The Morgan fingerprint density at radius 2 is 1.97 bits per heavy atom. The number of aromatic nitrogens is 1. The molecule has 0 aliphatic carbocycles. The van der Waals surface area contributed by atoms with Crippen LogP contribution in [-0.2, 0) is 4.79 Å². The van der Waals surface area contributed by atoms with Crippen LogP contribution in [0.2, 0.25) is 0 Å². The second kappa shape index (κ2) is 9.33. The van der Waals surface area contributed by atoms with Gasteiger partial charge in [0, 0.05) is 71.0 Å². The molecular formula is C22H28FN5O. The van der Waals surface area contributed by atoms with Crippen LogP contribution >= 0.6 is 0 Å². The maximum atomic E-state index is 13.7. The third-order valence-corrected chi connectivity index (χ3v) is 5.81. The lowest BCUT2D eigenvalue weighted by molar-refractivity contribution is -0.132. The highest BCUT2D eigenvalue weighted by Crippen LogP contribution is 2.23. The average molecular weight is 397 g/mol. The molecule has 0 saturated carbocycles. The van der Waals surface area contributed by atoms with E-state index in [1.807, 2.05) is 29.2 Å². The summed E-state index contributed by atoms with van der Waals surface area (Å²) in [7, 11) is 0. The van der Waals surface area contributed by atoms with Crippen molar-refractivity contribution < 1.29 is 9.18 Å². The van der Waals surface area contributed by atoms with Gasteiger partial charge in [-0.05, 0) is 29.8 Å². The number of nitrogens with one attached hydrogen (secondary N) is 1. The van der Waals surface area contributed by atoms with Gasteiger partial charge in [-0.3, -0.25) is 9.69 Å². The van der Waals surface area contributed by atoms with E-state index in [2.05, 4.69) is 20.1 Å². The molecule has 2 fully saturated rings. The first-order valence-corrected chi connectivity index (χ1v) is 10.3. The Hall–Kier alpha value is -2.51. The predicted molar refractivity (Wildman–Crippen MR) is 111 cm³/mol. The number of benzene rings is 1. The van der Waals surface area contributed by atoms with Crippen molar-refractivity contribution in [1.82, 2.24) is 20.1 Å². The van der Waals surface area contributed by atoms with Crippen LogP contribution in [0.15, 0.2) is 48.7 Å². The van der Waals surface area contributed by atoms with Gasteiger partial charge in [-0.1, -0.05) is 18.2 Å². The first kappa shape index (κ1) is 19.8. The summed E-state index contributed by atoms with van der Waals surface area (Å²) in [5.41, 5.74) is 0.966. The molecule has 154 valence electrons. The van der Waals surface area contributed by atoms with Gasteiger partial charge in [0.2, 0.25) is 5.91 Å². The predicted octanol–water partition coefficient (Wildman–Crippen LogP) is 1.91. The molecule has 2 saturated heterocycles. The van der Waals surface area contributed by atoms with Crippen molar-refractivity contribution in [2.75, 3.05) is 57.3 Å². The zero-order valence-electron chi connectivity index (χ0n) is 16.6. The van der Waals surface area contributed by atoms with Crippen molar-refractivity contribution in [3.05, 3.63) is 60.0 Å². The van der Waals surface area contributed by atoms with E-state index in [1.165, 1.54) is 6.07 Å². The Kier molecular flexibility index (Phi) is 6.36. The topological polar surface area (TPSA) is 51.7 Å². The van der Waals surface area contributed by atoms with Gasteiger partial charge in [0.15, 0.2) is 0 Å². The molecule has 6 nitrogen and oxygen atoms in total. The van der Waals surface area contributed by atoms with E-state index in [0.717, 1.165) is 57.2 Å². The van der Waals surface area contributed by atoms with Crippen LogP contribution in [0.1, 0.15) is 18.0 Å². The van der Waals surface area contributed by atoms with E-state index in [0.29, 0.717) is 13.0 Å². The number of carbonyl (C=O) groups excluding carboxylic acids is 1. The van der Waals surface area contributed by atoms with Crippen molar-refractivity contribution in [3.8, 4) is 0 Å². The Morgan fingerprint density at radius 1 is 1.10 bits per heavy atom. The molecule has 1 amide bonds. The van der Waals surface area contributed by atoms with Gasteiger partial charge < -0.3 is 15.1 Å². The monoisotopic (exact) mass is 397 g/mol. The number of hydrogen-bond acceptors (Lipinski definition) is 5. The summed E-state index contributed by atoms with van der Waals surface area (Å²) in [5, 5.41) is 3.38. The van der Waals surface area contributed by atoms with Crippen molar-refractivity contribution in [2.45, 2.75) is 12.5 Å². The van der Waals surface area contributed by atoms with Crippen molar-refractivity contribution >= 4 is 11.7 Å². The van der Waals surface area contributed by atoms with Gasteiger partial charge in [0.1, 0.15) is 11.6 Å². The van der Waals surface area contributed by atoms with Crippen LogP contribution in [0, 0.1) is 5.82 Å². The molecule has 0 spiro atoms. The molecule has 3 heterocycles. The van der Waals surface area contributed by atoms with Gasteiger partial charge in [0.05, 0.1) is 0 Å². The average Bonchev–Trinajstić information content (AvgIpc) is 2.78. The number of nitrogens with zero attached hydrogens (tertiary/aromatic N) is 4. The summed E-state index contributed by atoms with van der Waals surface area (Å²) in [6, 6.07) is 12.8. The molecule has 1 aromatic carbocycles. The summed E-state index contributed by atoms with van der Waals surface area (Å²) < 4.78 is 13.7. The van der Waals surface area contributed by atoms with Crippen molar-refractivity contribution in [3.63, 3.8) is 0 Å². The van der Waals surface area contributed by atoms with Crippen LogP contribution in [0.5, 0.6) is 0 Å². The number of anilines is 1. The first-order valence-electron chi connectivity index (χ1n) is 10.3. The molecule has 4 rings (SSSR count). The quantitative estimate of drug-likeness (QED) is 0.835. The largest absolute Gasteiger partial charge is 0.353 e. The molecule has 1 N–H and O–H groups in total. The zero-order chi connectivity index (χ0) is 20.1. The van der Waals surface area contributed by atoms with Crippen LogP contribution in [-0.4, -0.2) is 73.0 Å². The number of piperazine rings is 2. The summed E-state index contributed by atoms with van der Waals surface area (Å²) in [5.74, 6) is 0.954. The fourth-order valence-electron chi connectivity index (χ4n) is 4.18. The van der Waals surface area contributed by atoms with E-state index in [1.54, 1.807) is 18.3 Å². The molecule has 2 aromatic rings. The molecule has 2 aliphatic rings. The van der Waals surface area contributed by atoms with E-state index < -0.39 is 0 Å². The molecule has 2 aliphatic heterocycles. The minimum absolute atomic E-state index is 0.105. The molecule has 1 aromatic heterocycles. The van der Waals surface area contributed by atoms with Crippen LogP contribution in [0.25, 0.3) is 0 Å². The van der Waals surface area contributed by atoms with Crippen molar-refractivity contribution in [1.29, 1.82) is 0 Å². The summed E-state index contributed by atoms with van der Waals surface area (Å²) in [6.45, 7) is 6.30. The molecule has 0 radical (unpaired) electrons. The second-order valence-electron chi connectivity index (χ2n) is 7.62. The lowest BCUT2D eigenvalue weighted by Crippen LogP contribution is -2.50. The Balaban J connectivity index is 1.29. The third-order valence-electron chi connectivity index (χ3n) is 5.81. The van der Waals surface area contributed by atoms with Crippen LogP contribution < -0.4 is 10.2 Å². The number of rotatable bonds is 5. The zero-order valence-corrected chi connectivity index (χ0v) is 16.6. The highest BCUT2D eigenvalue weighted by atomic mass is 19.1. The van der Waals surface area contributed by atoms with Gasteiger partial charge in [-0.25, -0.2) is 9.37 Å². The number of amides is 1. The lowest BCUT2D eigenvalue weighted by atomic mass is 10.0. The third kappa shape index (κ3) is 4.92. The normalized spacial score (nSPS) is 20.7. The van der Waals surface area contributed by atoms with Crippen LogP contribution in [0.4, 0.5) is 10.2 Å².